The van der Waals surface area contributed by atoms with Crippen LogP contribution in [0.1, 0.15) is 40.0 Å². The Kier molecular flexibility index (Phi) is 3.59. The highest BCUT2D eigenvalue weighted by molar-refractivity contribution is 5.31. The molecule has 0 bridgehead atoms. The largest absolute Gasteiger partial charge is 0.393 e. The standard InChI is InChI=1S/C15H26O4/c1-13(2)5-4-6-14(3)12(13)11(18)7-10(8-16)15(14,19)9-17/h7,11-12,16-19H,4-6,8-9H2,1-3H3/t11-,12-,14-,15-/m1/s1. The molecule has 0 aromatic carbocycles. The second-order valence-corrected chi connectivity index (χ2v) is 7.10. The molecule has 0 radical (unpaired) electrons. The number of fused-ring (bicyclic) bond motifs is 1. The number of hydrogen-bond donors (Lipinski definition) is 4. The topological polar surface area (TPSA) is 80.9 Å². The van der Waals surface area contributed by atoms with Gasteiger partial charge in [-0.1, -0.05) is 33.3 Å². The number of rotatable bonds is 2. The van der Waals surface area contributed by atoms with E-state index in [9.17, 15) is 20.4 Å². The Balaban J connectivity index is 2.59. The number of aliphatic hydroxyl groups is 4. The van der Waals surface area contributed by atoms with Gasteiger partial charge in [-0.25, -0.2) is 0 Å². The lowest BCUT2D eigenvalue weighted by Crippen LogP contribution is -2.64. The minimum atomic E-state index is -1.44. The lowest BCUT2D eigenvalue weighted by Gasteiger charge is -2.61. The van der Waals surface area contributed by atoms with Crippen LogP contribution in [0.5, 0.6) is 0 Å². The summed E-state index contributed by atoms with van der Waals surface area (Å²) in [5, 5.41) is 40.6. The van der Waals surface area contributed by atoms with Gasteiger partial charge >= 0.3 is 0 Å². The summed E-state index contributed by atoms with van der Waals surface area (Å²) in [4.78, 5) is 0. The monoisotopic (exact) mass is 270 g/mol. The highest BCUT2D eigenvalue weighted by Gasteiger charge is 2.62. The summed E-state index contributed by atoms with van der Waals surface area (Å²) < 4.78 is 0. The van der Waals surface area contributed by atoms with E-state index in [0.717, 1.165) is 19.3 Å². The summed E-state index contributed by atoms with van der Waals surface area (Å²) in [6.07, 6.45) is 3.54. The minimum absolute atomic E-state index is 0.104. The van der Waals surface area contributed by atoms with Gasteiger partial charge in [0, 0.05) is 11.3 Å². The first-order valence-corrected chi connectivity index (χ1v) is 7.06. The zero-order chi connectivity index (χ0) is 14.5. The van der Waals surface area contributed by atoms with Crippen molar-refractivity contribution in [2.75, 3.05) is 13.2 Å². The van der Waals surface area contributed by atoms with Gasteiger partial charge in [-0.05, 0) is 23.8 Å². The van der Waals surface area contributed by atoms with Gasteiger partial charge in [0.25, 0.3) is 0 Å². The molecular weight excluding hydrogens is 244 g/mol. The Hall–Kier alpha value is -0.420. The fourth-order valence-electron chi connectivity index (χ4n) is 4.66. The molecule has 0 amide bonds. The van der Waals surface area contributed by atoms with E-state index in [0.29, 0.717) is 5.57 Å². The van der Waals surface area contributed by atoms with Crippen molar-refractivity contribution in [1.29, 1.82) is 0 Å². The molecule has 1 fully saturated rings. The maximum Gasteiger partial charge on any atom is 0.117 e. The first-order valence-electron chi connectivity index (χ1n) is 7.06. The Labute approximate surface area is 114 Å². The quantitative estimate of drug-likeness (QED) is 0.560. The summed E-state index contributed by atoms with van der Waals surface area (Å²) in [7, 11) is 0. The van der Waals surface area contributed by atoms with Crippen molar-refractivity contribution < 1.29 is 20.4 Å². The average molecular weight is 270 g/mol. The highest BCUT2D eigenvalue weighted by atomic mass is 16.3. The fourth-order valence-corrected chi connectivity index (χ4v) is 4.66. The Bertz CT molecular complexity index is 390. The maximum absolute atomic E-state index is 11.0. The minimum Gasteiger partial charge on any atom is -0.393 e. The lowest BCUT2D eigenvalue weighted by atomic mass is 9.46. The second-order valence-electron chi connectivity index (χ2n) is 7.10. The van der Waals surface area contributed by atoms with Crippen LogP contribution < -0.4 is 0 Å². The Morgan fingerprint density at radius 3 is 2.37 bits per heavy atom. The SMILES string of the molecule is CC1(C)CCC[C@]2(C)[C@@H]1[C@H](O)C=C(CO)[C@]2(O)CO. The van der Waals surface area contributed by atoms with Gasteiger partial charge in [0.2, 0.25) is 0 Å². The van der Waals surface area contributed by atoms with Crippen molar-refractivity contribution in [1.82, 2.24) is 0 Å². The molecule has 110 valence electrons. The zero-order valence-electron chi connectivity index (χ0n) is 12.1. The highest BCUT2D eigenvalue weighted by Crippen LogP contribution is 2.60. The van der Waals surface area contributed by atoms with Crippen molar-refractivity contribution in [3.63, 3.8) is 0 Å². The lowest BCUT2D eigenvalue weighted by molar-refractivity contribution is -0.188. The van der Waals surface area contributed by atoms with Gasteiger partial charge in [-0.3, -0.25) is 0 Å². The molecule has 4 N–H and O–H groups in total. The van der Waals surface area contributed by atoms with E-state index in [1.54, 1.807) is 0 Å². The van der Waals surface area contributed by atoms with E-state index in [1.165, 1.54) is 6.08 Å². The molecule has 0 aromatic heterocycles. The average Bonchev–Trinajstić information content (AvgIpc) is 2.32. The van der Waals surface area contributed by atoms with Crippen molar-refractivity contribution in [2.45, 2.75) is 51.7 Å². The normalized spacial score (nSPS) is 45.5. The molecule has 4 nitrogen and oxygen atoms in total. The van der Waals surface area contributed by atoms with Crippen LogP contribution in [0.15, 0.2) is 11.6 Å². The Morgan fingerprint density at radius 1 is 1.21 bits per heavy atom. The zero-order valence-corrected chi connectivity index (χ0v) is 12.1. The van der Waals surface area contributed by atoms with E-state index in [-0.39, 0.29) is 17.9 Å². The van der Waals surface area contributed by atoms with Gasteiger partial charge in [0.1, 0.15) is 5.60 Å². The molecule has 0 spiro atoms. The summed E-state index contributed by atoms with van der Waals surface area (Å²) in [6, 6.07) is 0. The van der Waals surface area contributed by atoms with Crippen LogP contribution in [-0.2, 0) is 0 Å². The molecule has 0 aromatic rings. The van der Waals surface area contributed by atoms with Crippen molar-refractivity contribution in [3.8, 4) is 0 Å². The van der Waals surface area contributed by atoms with Crippen molar-refractivity contribution >= 4 is 0 Å². The molecule has 2 aliphatic rings. The summed E-state index contributed by atoms with van der Waals surface area (Å²) >= 11 is 0. The first kappa shape index (κ1) is 15.0. The predicted octanol–water partition coefficient (Wildman–Crippen LogP) is 0.836. The van der Waals surface area contributed by atoms with Gasteiger partial charge in [0.05, 0.1) is 19.3 Å². The van der Waals surface area contributed by atoms with Crippen LogP contribution in [0, 0.1) is 16.7 Å². The molecule has 2 rings (SSSR count). The number of hydrogen-bond acceptors (Lipinski definition) is 4. The molecular formula is C15H26O4. The molecule has 4 heteroatoms. The molecule has 19 heavy (non-hydrogen) atoms. The third-order valence-electron chi connectivity index (χ3n) is 5.63. The number of aliphatic hydroxyl groups excluding tert-OH is 3. The van der Waals surface area contributed by atoms with Crippen LogP contribution in [-0.4, -0.2) is 45.3 Å². The van der Waals surface area contributed by atoms with Crippen LogP contribution in [0.4, 0.5) is 0 Å². The fraction of sp³-hybridized carbons (Fsp3) is 0.867. The molecule has 1 saturated carbocycles. The van der Waals surface area contributed by atoms with Crippen molar-refractivity contribution in [3.05, 3.63) is 11.6 Å². The summed E-state index contributed by atoms with van der Waals surface area (Å²) in [6.45, 7) is 5.38. The van der Waals surface area contributed by atoms with E-state index in [1.807, 2.05) is 6.92 Å². The van der Waals surface area contributed by atoms with E-state index in [4.69, 9.17) is 0 Å². The summed E-state index contributed by atoms with van der Waals surface area (Å²) in [5.74, 6) is -0.124. The third kappa shape index (κ3) is 1.88. The summed E-state index contributed by atoms with van der Waals surface area (Å²) in [5.41, 5.74) is -1.81. The predicted molar refractivity (Wildman–Crippen MR) is 72.4 cm³/mol. The van der Waals surface area contributed by atoms with Crippen LogP contribution in [0.3, 0.4) is 0 Å². The molecule has 2 aliphatic carbocycles. The third-order valence-corrected chi connectivity index (χ3v) is 5.63. The van der Waals surface area contributed by atoms with Gasteiger partial charge in [0.15, 0.2) is 0 Å². The van der Waals surface area contributed by atoms with Crippen molar-refractivity contribution in [2.24, 2.45) is 16.7 Å². The van der Waals surface area contributed by atoms with Gasteiger partial charge in [-0.2, -0.15) is 0 Å². The molecule has 0 unspecified atom stereocenters. The molecule has 4 atom stereocenters. The first-order chi connectivity index (χ1) is 8.73. The smallest absolute Gasteiger partial charge is 0.117 e. The second kappa shape index (κ2) is 4.55. The molecule has 0 heterocycles. The molecule has 0 aliphatic heterocycles. The Morgan fingerprint density at radius 2 is 1.84 bits per heavy atom. The van der Waals surface area contributed by atoms with Gasteiger partial charge < -0.3 is 20.4 Å². The van der Waals surface area contributed by atoms with E-state index >= 15 is 0 Å². The molecule has 0 saturated heterocycles. The maximum atomic E-state index is 11.0. The van der Waals surface area contributed by atoms with E-state index in [2.05, 4.69) is 13.8 Å². The van der Waals surface area contributed by atoms with Crippen LogP contribution in [0.25, 0.3) is 0 Å². The van der Waals surface area contributed by atoms with Crippen LogP contribution in [0.2, 0.25) is 0 Å². The van der Waals surface area contributed by atoms with Gasteiger partial charge in [-0.15, -0.1) is 0 Å². The van der Waals surface area contributed by atoms with E-state index < -0.39 is 23.7 Å². The van der Waals surface area contributed by atoms with Crippen LogP contribution >= 0.6 is 0 Å².